The maximum absolute atomic E-state index is 11.4. The van der Waals surface area contributed by atoms with E-state index in [9.17, 15) is 4.79 Å². The summed E-state index contributed by atoms with van der Waals surface area (Å²) < 4.78 is 5.48. The number of nitriles is 1. The number of hydrogen-bond acceptors (Lipinski definition) is 3. The number of ether oxygens (including phenoxy) is 1. The lowest BCUT2D eigenvalue weighted by atomic mass is 10.2. The molecule has 0 aromatic heterocycles. The van der Waals surface area contributed by atoms with Gasteiger partial charge in [-0.25, -0.2) is 0 Å². The number of benzene rings is 1. The largest absolute Gasteiger partial charge is 0.491 e. The molecule has 1 amide bonds. The van der Waals surface area contributed by atoms with E-state index in [1.54, 1.807) is 31.2 Å². The number of amides is 1. The first-order valence-corrected chi connectivity index (χ1v) is 5.50. The molecule has 0 bridgehead atoms. The second-order valence-corrected chi connectivity index (χ2v) is 4.03. The molecule has 0 radical (unpaired) electrons. The van der Waals surface area contributed by atoms with E-state index in [0.717, 1.165) is 5.75 Å². The molecular formula is C13H16N2O2. The van der Waals surface area contributed by atoms with E-state index in [1.807, 2.05) is 19.9 Å². The highest BCUT2D eigenvalue weighted by molar-refractivity contribution is 5.93. The molecule has 1 unspecified atom stereocenters. The van der Waals surface area contributed by atoms with Crippen LogP contribution in [0.1, 0.15) is 20.8 Å². The van der Waals surface area contributed by atoms with Gasteiger partial charge in [-0.1, -0.05) is 0 Å². The van der Waals surface area contributed by atoms with E-state index < -0.39 is 5.92 Å². The fourth-order valence-electron chi connectivity index (χ4n) is 1.20. The molecule has 1 aromatic rings. The van der Waals surface area contributed by atoms with Crippen molar-refractivity contribution in [2.24, 2.45) is 5.92 Å². The number of nitrogens with zero attached hydrogens (tertiary/aromatic N) is 1. The van der Waals surface area contributed by atoms with Gasteiger partial charge in [0.05, 0.1) is 12.2 Å². The summed E-state index contributed by atoms with van der Waals surface area (Å²) in [6.07, 6.45) is 0.119. The topological polar surface area (TPSA) is 62.1 Å². The second-order valence-electron chi connectivity index (χ2n) is 4.03. The first kappa shape index (κ1) is 13.0. The van der Waals surface area contributed by atoms with Crippen molar-refractivity contribution in [1.29, 1.82) is 5.26 Å². The maximum atomic E-state index is 11.4. The number of rotatable bonds is 4. The second kappa shape index (κ2) is 5.90. The van der Waals surface area contributed by atoms with Crippen molar-refractivity contribution < 1.29 is 9.53 Å². The van der Waals surface area contributed by atoms with Gasteiger partial charge in [0, 0.05) is 5.69 Å². The summed E-state index contributed by atoms with van der Waals surface area (Å²) in [5.41, 5.74) is 0.660. The van der Waals surface area contributed by atoms with Crippen molar-refractivity contribution >= 4 is 11.6 Å². The summed E-state index contributed by atoms with van der Waals surface area (Å²) in [4.78, 5) is 11.4. The zero-order valence-electron chi connectivity index (χ0n) is 10.2. The van der Waals surface area contributed by atoms with Crippen LogP contribution in [0.2, 0.25) is 0 Å². The van der Waals surface area contributed by atoms with Crippen molar-refractivity contribution in [2.75, 3.05) is 5.32 Å². The highest BCUT2D eigenvalue weighted by Gasteiger charge is 2.11. The van der Waals surface area contributed by atoms with E-state index >= 15 is 0 Å². The fraction of sp³-hybridized carbons (Fsp3) is 0.385. The lowest BCUT2D eigenvalue weighted by Crippen LogP contribution is -2.18. The quantitative estimate of drug-likeness (QED) is 0.867. The summed E-state index contributed by atoms with van der Waals surface area (Å²) >= 11 is 0. The molecule has 0 spiro atoms. The Morgan fingerprint density at radius 3 is 2.35 bits per heavy atom. The zero-order chi connectivity index (χ0) is 12.8. The Labute approximate surface area is 101 Å². The van der Waals surface area contributed by atoms with E-state index in [2.05, 4.69) is 5.32 Å². The van der Waals surface area contributed by atoms with Crippen LogP contribution in [0.15, 0.2) is 24.3 Å². The molecular weight excluding hydrogens is 216 g/mol. The molecule has 0 aliphatic heterocycles. The van der Waals surface area contributed by atoms with Crippen LogP contribution in [0.4, 0.5) is 5.69 Å². The Morgan fingerprint density at radius 1 is 1.29 bits per heavy atom. The first-order valence-electron chi connectivity index (χ1n) is 5.50. The standard InChI is InChI=1S/C13H16N2O2/c1-9(2)17-12-6-4-11(5-7-12)15-13(16)10(3)8-14/h4-7,9-10H,1-3H3,(H,15,16). The van der Waals surface area contributed by atoms with Gasteiger partial charge in [0.25, 0.3) is 0 Å². The molecule has 4 nitrogen and oxygen atoms in total. The van der Waals surface area contributed by atoms with Crippen molar-refractivity contribution in [1.82, 2.24) is 0 Å². The third-order valence-corrected chi connectivity index (χ3v) is 2.08. The lowest BCUT2D eigenvalue weighted by molar-refractivity contribution is -0.117. The highest BCUT2D eigenvalue weighted by atomic mass is 16.5. The maximum Gasteiger partial charge on any atom is 0.241 e. The Kier molecular flexibility index (Phi) is 4.53. The van der Waals surface area contributed by atoms with Crippen LogP contribution in [0, 0.1) is 17.2 Å². The van der Waals surface area contributed by atoms with Crippen LogP contribution in [-0.2, 0) is 4.79 Å². The molecule has 90 valence electrons. The summed E-state index contributed by atoms with van der Waals surface area (Å²) in [7, 11) is 0. The molecule has 1 N–H and O–H groups in total. The average molecular weight is 232 g/mol. The molecule has 0 saturated carbocycles. The minimum atomic E-state index is -0.651. The van der Waals surface area contributed by atoms with Crippen molar-refractivity contribution in [3.8, 4) is 11.8 Å². The monoisotopic (exact) mass is 232 g/mol. The van der Waals surface area contributed by atoms with Crippen LogP contribution >= 0.6 is 0 Å². The van der Waals surface area contributed by atoms with Crippen molar-refractivity contribution in [3.05, 3.63) is 24.3 Å². The van der Waals surface area contributed by atoms with Gasteiger partial charge in [0.2, 0.25) is 5.91 Å². The van der Waals surface area contributed by atoms with Crippen LogP contribution in [0.25, 0.3) is 0 Å². The molecule has 0 saturated heterocycles. The summed E-state index contributed by atoms with van der Waals surface area (Å²) in [5, 5.41) is 11.3. The van der Waals surface area contributed by atoms with Gasteiger partial charge in [-0.15, -0.1) is 0 Å². The number of nitrogens with one attached hydrogen (secondary N) is 1. The molecule has 4 heteroatoms. The third-order valence-electron chi connectivity index (χ3n) is 2.08. The van der Waals surface area contributed by atoms with Gasteiger partial charge in [0.1, 0.15) is 11.7 Å². The Bertz CT molecular complexity index is 418. The van der Waals surface area contributed by atoms with Crippen LogP contribution < -0.4 is 10.1 Å². The Balaban J connectivity index is 2.63. The van der Waals surface area contributed by atoms with Gasteiger partial charge in [0.15, 0.2) is 0 Å². The van der Waals surface area contributed by atoms with E-state index in [0.29, 0.717) is 5.69 Å². The summed E-state index contributed by atoms with van der Waals surface area (Å²) in [5.74, 6) is -0.196. The smallest absolute Gasteiger partial charge is 0.241 e. The number of hydrogen-bond donors (Lipinski definition) is 1. The minimum absolute atomic E-state index is 0.119. The Hall–Kier alpha value is -2.02. The zero-order valence-corrected chi connectivity index (χ0v) is 10.2. The average Bonchev–Trinajstić information content (AvgIpc) is 2.30. The summed E-state index contributed by atoms with van der Waals surface area (Å²) in [6, 6.07) is 8.95. The normalized spacial score (nSPS) is 11.7. The predicted octanol–water partition coefficient (Wildman–Crippen LogP) is 2.57. The molecule has 0 fully saturated rings. The molecule has 1 atom stereocenters. The van der Waals surface area contributed by atoms with Gasteiger partial charge < -0.3 is 10.1 Å². The number of carbonyl (C=O) groups excluding carboxylic acids is 1. The van der Waals surface area contributed by atoms with E-state index in [4.69, 9.17) is 10.00 Å². The van der Waals surface area contributed by atoms with E-state index in [1.165, 1.54) is 0 Å². The van der Waals surface area contributed by atoms with Crippen LogP contribution in [0.3, 0.4) is 0 Å². The highest BCUT2D eigenvalue weighted by Crippen LogP contribution is 2.17. The van der Waals surface area contributed by atoms with Gasteiger partial charge in [-0.05, 0) is 45.0 Å². The van der Waals surface area contributed by atoms with Gasteiger partial charge in [-0.3, -0.25) is 4.79 Å². The predicted molar refractivity (Wildman–Crippen MR) is 65.6 cm³/mol. The Morgan fingerprint density at radius 2 is 1.88 bits per heavy atom. The number of anilines is 1. The summed E-state index contributed by atoms with van der Waals surface area (Å²) in [6.45, 7) is 5.46. The SMILES string of the molecule is CC(C)Oc1ccc(NC(=O)C(C)C#N)cc1. The number of carbonyl (C=O) groups is 1. The fourth-order valence-corrected chi connectivity index (χ4v) is 1.20. The minimum Gasteiger partial charge on any atom is -0.491 e. The molecule has 0 aliphatic carbocycles. The van der Waals surface area contributed by atoms with Gasteiger partial charge in [-0.2, -0.15) is 5.26 Å². The first-order chi connectivity index (χ1) is 8.02. The molecule has 1 aromatic carbocycles. The molecule has 0 heterocycles. The molecule has 1 rings (SSSR count). The molecule has 17 heavy (non-hydrogen) atoms. The van der Waals surface area contributed by atoms with E-state index in [-0.39, 0.29) is 12.0 Å². The third kappa shape index (κ3) is 4.15. The lowest BCUT2D eigenvalue weighted by Gasteiger charge is -2.11. The van der Waals surface area contributed by atoms with Gasteiger partial charge >= 0.3 is 0 Å². The van der Waals surface area contributed by atoms with Crippen LogP contribution in [0.5, 0.6) is 5.75 Å². The van der Waals surface area contributed by atoms with Crippen LogP contribution in [-0.4, -0.2) is 12.0 Å². The van der Waals surface area contributed by atoms with Crippen molar-refractivity contribution in [2.45, 2.75) is 26.9 Å². The molecule has 0 aliphatic rings. The van der Waals surface area contributed by atoms with Crippen molar-refractivity contribution in [3.63, 3.8) is 0 Å².